The summed E-state index contributed by atoms with van der Waals surface area (Å²) in [5.74, 6) is -0.851. The first-order valence-corrected chi connectivity index (χ1v) is 12.0. The van der Waals surface area contributed by atoms with Crippen molar-refractivity contribution in [1.82, 2.24) is 9.88 Å². The Morgan fingerprint density at radius 2 is 1.72 bits per heavy atom. The Morgan fingerprint density at radius 3 is 2.33 bits per heavy atom. The minimum Gasteiger partial charge on any atom is -0.478 e. The number of carbonyl (C=O) groups is 3. The number of hydrogen-bond donors (Lipinski definition) is 3. The summed E-state index contributed by atoms with van der Waals surface area (Å²) in [6.45, 7) is 6.82. The van der Waals surface area contributed by atoms with Crippen LogP contribution in [0.15, 0.2) is 60.8 Å². The van der Waals surface area contributed by atoms with Crippen molar-refractivity contribution in [2.24, 2.45) is 0 Å². The second kappa shape index (κ2) is 10.6. The zero-order chi connectivity index (χ0) is 25.8. The van der Waals surface area contributed by atoms with Crippen LogP contribution in [0, 0.1) is 6.92 Å². The van der Waals surface area contributed by atoms with Crippen molar-refractivity contribution in [3.05, 3.63) is 77.5 Å². The van der Waals surface area contributed by atoms with Crippen molar-refractivity contribution in [2.75, 3.05) is 17.2 Å². The van der Waals surface area contributed by atoms with E-state index >= 15 is 0 Å². The van der Waals surface area contributed by atoms with Crippen LogP contribution < -0.4 is 10.6 Å². The van der Waals surface area contributed by atoms with Crippen LogP contribution in [0.3, 0.4) is 0 Å². The number of hydrogen-bond acceptors (Lipinski definition) is 4. The van der Waals surface area contributed by atoms with Crippen LogP contribution in [0.25, 0.3) is 11.3 Å². The Kier molecular flexibility index (Phi) is 7.33. The molecule has 1 fully saturated rings. The normalized spacial score (nSPS) is 15.1. The third-order valence-corrected chi connectivity index (χ3v) is 6.42. The Bertz CT molecular complexity index is 1270. The van der Waals surface area contributed by atoms with Gasteiger partial charge in [0.25, 0.3) is 0 Å². The highest BCUT2D eigenvalue weighted by atomic mass is 16.4. The van der Waals surface area contributed by atoms with Crippen molar-refractivity contribution in [3.63, 3.8) is 0 Å². The molecule has 1 atom stereocenters. The predicted molar refractivity (Wildman–Crippen MR) is 139 cm³/mol. The maximum Gasteiger partial charge on any atom is 0.337 e. The van der Waals surface area contributed by atoms with Gasteiger partial charge in [0.15, 0.2) is 0 Å². The molecule has 3 N–H and O–H groups in total. The van der Waals surface area contributed by atoms with E-state index in [1.807, 2.05) is 25.1 Å². The number of aryl methyl sites for hydroxylation is 1. The van der Waals surface area contributed by atoms with Gasteiger partial charge in [0.05, 0.1) is 11.3 Å². The zero-order valence-corrected chi connectivity index (χ0v) is 20.6. The lowest BCUT2D eigenvalue weighted by atomic mass is 9.98. The van der Waals surface area contributed by atoms with E-state index in [9.17, 15) is 14.4 Å². The summed E-state index contributed by atoms with van der Waals surface area (Å²) in [4.78, 5) is 42.8. The van der Waals surface area contributed by atoms with E-state index < -0.39 is 12.0 Å². The smallest absolute Gasteiger partial charge is 0.337 e. The first kappa shape index (κ1) is 24.9. The lowest BCUT2D eigenvalue weighted by Gasteiger charge is -2.24. The lowest BCUT2D eigenvalue weighted by Crippen LogP contribution is -2.45. The number of rotatable bonds is 6. The summed E-state index contributed by atoms with van der Waals surface area (Å²) in [5.41, 5.74) is 5.24. The van der Waals surface area contributed by atoms with Gasteiger partial charge >= 0.3 is 12.0 Å². The van der Waals surface area contributed by atoms with Crippen LogP contribution in [0.2, 0.25) is 0 Å². The summed E-state index contributed by atoms with van der Waals surface area (Å²) in [6, 6.07) is 15.3. The van der Waals surface area contributed by atoms with Crippen LogP contribution in [0.1, 0.15) is 54.1 Å². The van der Waals surface area contributed by atoms with E-state index in [0.29, 0.717) is 36.0 Å². The van der Waals surface area contributed by atoms with Crippen LogP contribution in [-0.4, -0.2) is 45.5 Å². The molecule has 1 saturated heterocycles. The highest BCUT2D eigenvalue weighted by Gasteiger charge is 2.34. The van der Waals surface area contributed by atoms with Gasteiger partial charge < -0.3 is 20.6 Å². The topological polar surface area (TPSA) is 112 Å². The van der Waals surface area contributed by atoms with Gasteiger partial charge in [0.1, 0.15) is 6.04 Å². The molecule has 0 aliphatic carbocycles. The number of amides is 3. The fraction of sp³-hybridized carbons (Fsp3) is 0.286. The number of carbonyl (C=O) groups excluding carboxylic acids is 2. The number of carboxylic acids is 1. The molecule has 2 heterocycles. The molecule has 0 bridgehead atoms. The summed E-state index contributed by atoms with van der Waals surface area (Å²) in [5, 5.41) is 14.9. The fourth-order valence-corrected chi connectivity index (χ4v) is 4.52. The number of nitrogens with zero attached hydrogens (tertiary/aromatic N) is 2. The standard InChI is InChI=1S/C28H30N4O4/c1-17(2)23-12-11-22(15-18(23)3)31-28(36)32-14-4-5-25(32)26(33)30-21-9-6-19(7-10-21)24-13-8-20(16-29-24)27(34)35/h6-13,15-17,25H,4-5,14H2,1-3H3,(H,30,33)(H,31,36)(H,34,35)/t25-/m1/s1. The maximum atomic E-state index is 13.0. The van der Waals surface area contributed by atoms with Gasteiger partial charge in [-0.05, 0) is 73.2 Å². The molecular weight excluding hydrogens is 456 g/mol. The largest absolute Gasteiger partial charge is 0.478 e. The Hall–Kier alpha value is -4.20. The fourth-order valence-electron chi connectivity index (χ4n) is 4.52. The number of nitrogens with one attached hydrogen (secondary N) is 2. The molecule has 4 rings (SSSR count). The molecule has 186 valence electrons. The molecule has 0 saturated carbocycles. The quantitative estimate of drug-likeness (QED) is 0.425. The molecule has 0 unspecified atom stereocenters. The van der Waals surface area contributed by atoms with Gasteiger partial charge in [0.2, 0.25) is 5.91 Å². The molecule has 8 nitrogen and oxygen atoms in total. The summed E-state index contributed by atoms with van der Waals surface area (Å²) in [6.07, 6.45) is 2.67. The van der Waals surface area contributed by atoms with E-state index in [-0.39, 0.29) is 17.5 Å². The van der Waals surface area contributed by atoms with Gasteiger partial charge in [-0.15, -0.1) is 0 Å². The van der Waals surface area contributed by atoms with Gasteiger partial charge in [-0.3, -0.25) is 9.78 Å². The number of likely N-dealkylation sites (tertiary alicyclic amines) is 1. The van der Waals surface area contributed by atoms with Crippen LogP contribution >= 0.6 is 0 Å². The van der Waals surface area contributed by atoms with E-state index in [0.717, 1.165) is 17.5 Å². The zero-order valence-electron chi connectivity index (χ0n) is 20.6. The molecule has 1 aromatic heterocycles. The second-order valence-corrected chi connectivity index (χ2v) is 9.31. The van der Waals surface area contributed by atoms with Gasteiger partial charge in [-0.1, -0.05) is 32.0 Å². The summed E-state index contributed by atoms with van der Waals surface area (Å²) < 4.78 is 0. The number of urea groups is 1. The van der Waals surface area contributed by atoms with Crippen LogP contribution in [0.5, 0.6) is 0 Å². The minimum absolute atomic E-state index is 0.121. The van der Waals surface area contributed by atoms with Crippen LogP contribution in [-0.2, 0) is 4.79 Å². The molecule has 3 amide bonds. The number of carboxylic acid groups (broad SMARTS) is 1. The first-order valence-electron chi connectivity index (χ1n) is 12.0. The summed E-state index contributed by atoms with van der Waals surface area (Å²) in [7, 11) is 0. The molecule has 2 aromatic carbocycles. The second-order valence-electron chi connectivity index (χ2n) is 9.31. The summed E-state index contributed by atoms with van der Waals surface area (Å²) >= 11 is 0. The predicted octanol–water partition coefficient (Wildman–Crippen LogP) is 5.51. The number of pyridine rings is 1. The van der Waals surface area contributed by atoms with E-state index in [2.05, 4.69) is 29.5 Å². The Labute approximate surface area is 210 Å². The minimum atomic E-state index is -1.03. The highest BCUT2D eigenvalue weighted by Crippen LogP contribution is 2.25. The third-order valence-electron chi connectivity index (χ3n) is 6.42. The van der Waals surface area contributed by atoms with Crippen molar-refractivity contribution < 1.29 is 19.5 Å². The average molecular weight is 487 g/mol. The maximum absolute atomic E-state index is 13.0. The molecular formula is C28H30N4O4. The van der Waals surface area contributed by atoms with Gasteiger partial charge in [0, 0.05) is 29.7 Å². The van der Waals surface area contributed by atoms with E-state index in [4.69, 9.17) is 5.11 Å². The molecule has 0 radical (unpaired) electrons. The van der Waals surface area contributed by atoms with Crippen LogP contribution in [0.4, 0.5) is 16.2 Å². The number of anilines is 2. The number of benzene rings is 2. The average Bonchev–Trinajstić information content (AvgIpc) is 3.35. The molecule has 0 spiro atoms. The molecule has 1 aliphatic rings. The SMILES string of the molecule is Cc1cc(NC(=O)N2CCC[C@@H]2C(=O)Nc2ccc(-c3ccc(C(=O)O)cn3)cc2)ccc1C(C)C. The van der Waals surface area contributed by atoms with E-state index in [1.165, 1.54) is 17.8 Å². The molecule has 1 aliphatic heterocycles. The van der Waals surface area contributed by atoms with Crippen molar-refractivity contribution in [3.8, 4) is 11.3 Å². The van der Waals surface area contributed by atoms with E-state index in [1.54, 1.807) is 35.2 Å². The molecule has 36 heavy (non-hydrogen) atoms. The monoisotopic (exact) mass is 486 g/mol. The lowest BCUT2D eigenvalue weighted by molar-refractivity contribution is -0.119. The van der Waals surface area contributed by atoms with Crippen molar-refractivity contribution in [1.29, 1.82) is 0 Å². The number of aromatic carboxylic acids is 1. The number of aromatic nitrogens is 1. The van der Waals surface area contributed by atoms with Crippen molar-refractivity contribution >= 4 is 29.3 Å². The third kappa shape index (κ3) is 5.54. The Morgan fingerprint density at radius 1 is 1.00 bits per heavy atom. The Balaban J connectivity index is 1.39. The first-order chi connectivity index (χ1) is 17.2. The molecule has 3 aromatic rings. The highest BCUT2D eigenvalue weighted by molar-refractivity contribution is 5.99. The van der Waals surface area contributed by atoms with Gasteiger partial charge in [-0.2, -0.15) is 0 Å². The molecule has 8 heteroatoms. The van der Waals surface area contributed by atoms with Gasteiger partial charge in [-0.25, -0.2) is 9.59 Å². The van der Waals surface area contributed by atoms with Crippen molar-refractivity contribution in [2.45, 2.75) is 45.6 Å².